The van der Waals surface area contributed by atoms with Crippen molar-refractivity contribution in [3.8, 4) is 22.8 Å². The molecule has 2 aromatic carbocycles. The molecule has 1 heterocycles. The Kier molecular flexibility index (Phi) is 6.63. The van der Waals surface area contributed by atoms with Crippen LogP contribution in [0.2, 0.25) is 0 Å². The zero-order valence-corrected chi connectivity index (χ0v) is 16.4. The third-order valence-electron chi connectivity index (χ3n) is 4.45. The van der Waals surface area contributed by atoms with Gasteiger partial charge in [0.2, 0.25) is 5.91 Å². The summed E-state index contributed by atoms with van der Waals surface area (Å²) in [5, 5.41) is 7.23. The van der Waals surface area contributed by atoms with Crippen LogP contribution in [-0.4, -0.2) is 29.9 Å². The molecule has 1 aromatic heterocycles. The lowest BCUT2D eigenvalue weighted by atomic mass is 10.1. The van der Waals surface area contributed by atoms with Crippen molar-refractivity contribution in [2.75, 3.05) is 14.2 Å². The molecule has 0 spiro atoms. The summed E-state index contributed by atoms with van der Waals surface area (Å²) in [4.78, 5) is 24.4. The van der Waals surface area contributed by atoms with E-state index in [0.717, 1.165) is 16.9 Å². The van der Waals surface area contributed by atoms with E-state index in [1.807, 2.05) is 48.5 Å². The average molecular weight is 393 g/mol. The Morgan fingerprint density at radius 2 is 1.86 bits per heavy atom. The Bertz CT molecular complexity index is 1050. The molecule has 0 aliphatic heterocycles. The van der Waals surface area contributed by atoms with Crippen molar-refractivity contribution in [2.45, 2.75) is 19.5 Å². The van der Waals surface area contributed by atoms with Gasteiger partial charge in [0, 0.05) is 30.2 Å². The van der Waals surface area contributed by atoms with Crippen LogP contribution in [-0.2, 0) is 17.9 Å². The number of carbonyl (C=O) groups excluding carboxylic acids is 1. The number of aromatic nitrogens is 2. The van der Waals surface area contributed by atoms with Crippen molar-refractivity contribution >= 4 is 5.91 Å². The number of carbonyl (C=O) groups is 1. The quantitative estimate of drug-likeness (QED) is 0.636. The summed E-state index contributed by atoms with van der Waals surface area (Å²) in [6.07, 6.45) is 0.142. The Morgan fingerprint density at radius 1 is 1.03 bits per heavy atom. The molecule has 0 unspecified atom stereocenters. The van der Waals surface area contributed by atoms with Crippen molar-refractivity contribution < 1.29 is 14.3 Å². The highest BCUT2D eigenvalue weighted by atomic mass is 16.5. The topological polar surface area (TPSA) is 82.5 Å². The van der Waals surface area contributed by atoms with E-state index in [2.05, 4.69) is 10.4 Å². The van der Waals surface area contributed by atoms with Crippen molar-refractivity contribution in [1.82, 2.24) is 15.1 Å². The van der Waals surface area contributed by atoms with Crippen molar-refractivity contribution in [1.29, 1.82) is 0 Å². The minimum atomic E-state index is -0.255. The molecule has 7 nitrogen and oxygen atoms in total. The van der Waals surface area contributed by atoms with E-state index in [4.69, 9.17) is 9.47 Å². The molecule has 0 saturated heterocycles. The first-order valence-electron chi connectivity index (χ1n) is 9.22. The molecule has 0 aliphatic rings. The van der Waals surface area contributed by atoms with Crippen LogP contribution < -0.4 is 20.3 Å². The normalized spacial score (nSPS) is 10.4. The minimum Gasteiger partial charge on any atom is -0.497 e. The summed E-state index contributed by atoms with van der Waals surface area (Å²) in [6, 6.07) is 18.0. The van der Waals surface area contributed by atoms with Crippen molar-refractivity contribution in [3.05, 3.63) is 76.6 Å². The van der Waals surface area contributed by atoms with Crippen LogP contribution in [0, 0.1) is 0 Å². The zero-order valence-electron chi connectivity index (χ0n) is 16.4. The van der Waals surface area contributed by atoms with Gasteiger partial charge in [-0.05, 0) is 24.3 Å². The van der Waals surface area contributed by atoms with Gasteiger partial charge in [-0.2, -0.15) is 5.10 Å². The Balaban J connectivity index is 1.64. The molecule has 0 radical (unpaired) electrons. The summed E-state index contributed by atoms with van der Waals surface area (Å²) >= 11 is 0. The van der Waals surface area contributed by atoms with E-state index >= 15 is 0 Å². The van der Waals surface area contributed by atoms with Gasteiger partial charge in [-0.15, -0.1) is 0 Å². The first-order valence-corrected chi connectivity index (χ1v) is 9.22. The fraction of sp³-hybridized carbons (Fsp3) is 0.227. The molecule has 0 fully saturated rings. The number of ether oxygens (including phenoxy) is 2. The molecule has 0 aliphatic carbocycles. The van der Waals surface area contributed by atoms with Crippen LogP contribution in [0.25, 0.3) is 11.3 Å². The van der Waals surface area contributed by atoms with Crippen LogP contribution in [0.5, 0.6) is 11.5 Å². The maximum absolute atomic E-state index is 12.2. The highest BCUT2D eigenvalue weighted by molar-refractivity contribution is 5.75. The smallest absolute Gasteiger partial charge is 0.266 e. The van der Waals surface area contributed by atoms with Crippen LogP contribution in [0.4, 0.5) is 0 Å². The molecular formula is C22H23N3O4. The van der Waals surface area contributed by atoms with Gasteiger partial charge in [0.15, 0.2) is 0 Å². The molecule has 3 rings (SSSR count). The predicted molar refractivity (Wildman–Crippen MR) is 110 cm³/mol. The molecule has 7 heteroatoms. The maximum Gasteiger partial charge on any atom is 0.266 e. The van der Waals surface area contributed by atoms with Crippen LogP contribution in [0.15, 0.2) is 65.5 Å². The SMILES string of the molecule is COc1cccc(-c2ccc(=O)n(CCC(=O)NCc3ccccc3OC)n2)c1. The summed E-state index contributed by atoms with van der Waals surface area (Å²) in [6.45, 7) is 0.545. The molecule has 3 aromatic rings. The monoisotopic (exact) mass is 393 g/mol. The number of methoxy groups -OCH3 is 2. The van der Waals surface area contributed by atoms with Crippen molar-refractivity contribution in [3.63, 3.8) is 0 Å². The summed E-state index contributed by atoms with van der Waals surface area (Å²) < 4.78 is 11.8. The summed E-state index contributed by atoms with van der Waals surface area (Å²) in [5.74, 6) is 1.26. The van der Waals surface area contributed by atoms with E-state index in [-0.39, 0.29) is 24.4 Å². The Morgan fingerprint density at radius 3 is 2.66 bits per heavy atom. The van der Waals surface area contributed by atoms with Gasteiger partial charge in [0.05, 0.1) is 26.5 Å². The Hall–Kier alpha value is -3.61. The predicted octanol–water partition coefficient (Wildman–Crippen LogP) is 2.63. The number of aryl methyl sites for hydroxylation is 1. The first kappa shape index (κ1) is 20.1. The molecule has 0 atom stereocenters. The van der Waals surface area contributed by atoms with Gasteiger partial charge in [-0.1, -0.05) is 30.3 Å². The second-order valence-corrected chi connectivity index (χ2v) is 6.35. The molecule has 1 amide bonds. The van der Waals surface area contributed by atoms with E-state index in [0.29, 0.717) is 18.0 Å². The lowest BCUT2D eigenvalue weighted by Crippen LogP contribution is -2.28. The number of nitrogens with zero attached hydrogens (tertiary/aromatic N) is 2. The number of hydrogen-bond acceptors (Lipinski definition) is 5. The van der Waals surface area contributed by atoms with Gasteiger partial charge >= 0.3 is 0 Å². The molecular weight excluding hydrogens is 370 g/mol. The lowest BCUT2D eigenvalue weighted by molar-refractivity contribution is -0.121. The fourth-order valence-electron chi connectivity index (χ4n) is 2.88. The molecule has 0 bridgehead atoms. The third-order valence-corrected chi connectivity index (χ3v) is 4.45. The second kappa shape index (κ2) is 9.54. The van der Waals surface area contributed by atoms with Gasteiger partial charge in [0.25, 0.3) is 5.56 Å². The number of benzene rings is 2. The van der Waals surface area contributed by atoms with Gasteiger partial charge < -0.3 is 14.8 Å². The fourth-order valence-corrected chi connectivity index (χ4v) is 2.88. The highest BCUT2D eigenvalue weighted by Gasteiger charge is 2.08. The largest absolute Gasteiger partial charge is 0.497 e. The molecule has 150 valence electrons. The maximum atomic E-state index is 12.2. The van der Waals surface area contributed by atoms with Crippen LogP contribution in [0.1, 0.15) is 12.0 Å². The first-order chi connectivity index (χ1) is 14.1. The lowest BCUT2D eigenvalue weighted by Gasteiger charge is -2.10. The zero-order chi connectivity index (χ0) is 20.6. The van der Waals surface area contributed by atoms with E-state index in [1.54, 1.807) is 20.3 Å². The number of nitrogens with one attached hydrogen (secondary N) is 1. The van der Waals surface area contributed by atoms with Gasteiger partial charge in [0.1, 0.15) is 11.5 Å². The van der Waals surface area contributed by atoms with Crippen LogP contribution >= 0.6 is 0 Å². The molecule has 1 N–H and O–H groups in total. The van der Waals surface area contributed by atoms with E-state index < -0.39 is 0 Å². The Labute approximate surface area is 168 Å². The number of amides is 1. The van der Waals surface area contributed by atoms with Gasteiger partial charge in [-0.25, -0.2) is 4.68 Å². The van der Waals surface area contributed by atoms with Gasteiger partial charge in [-0.3, -0.25) is 9.59 Å². The third kappa shape index (κ3) is 5.22. The van der Waals surface area contributed by atoms with E-state index in [1.165, 1.54) is 10.7 Å². The second-order valence-electron chi connectivity index (χ2n) is 6.35. The summed E-state index contributed by atoms with van der Waals surface area (Å²) in [5.41, 5.74) is 2.10. The van der Waals surface area contributed by atoms with Crippen LogP contribution in [0.3, 0.4) is 0 Å². The van der Waals surface area contributed by atoms with E-state index in [9.17, 15) is 9.59 Å². The number of hydrogen-bond donors (Lipinski definition) is 1. The number of para-hydroxylation sites is 1. The molecule has 29 heavy (non-hydrogen) atoms. The average Bonchev–Trinajstić information content (AvgIpc) is 2.77. The standard InChI is InChI=1S/C22H23N3O4/c1-28-18-8-5-7-16(14-18)19-10-11-22(27)25(24-19)13-12-21(26)23-15-17-6-3-4-9-20(17)29-2/h3-11,14H,12-13,15H2,1-2H3,(H,23,26). The molecule has 0 saturated carbocycles. The highest BCUT2D eigenvalue weighted by Crippen LogP contribution is 2.21. The van der Waals surface area contributed by atoms with Crippen molar-refractivity contribution in [2.24, 2.45) is 0 Å². The number of rotatable bonds is 8. The summed E-state index contributed by atoms with van der Waals surface area (Å²) in [7, 11) is 3.19. The minimum absolute atomic E-state index is 0.142.